The van der Waals surface area contributed by atoms with Crippen LogP contribution in [-0.4, -0.2) is 17.5 Å². The molecule has 0 spiro atoms. The number of hydrogen-bond acceptors (Lipinski definition) is 4. The van der Waals surface area contributed by atoms with E-state index in [1.54, 1.807) is 12.1 Å². The van der Waals surface area contributed by atoms with Crippen LogP contribution in [-0.2, 0) is 4.79 Å². The lowest BCUT2D eigenvalue weighted by molar-refractivity contribution is -0.118. The summed E-state index contributed by atoms with van der Waals surface area (Å²) in [6, 6.07) is 11.0. The van der Waals surface area contributed by atoms with Crippen molar-refractivity contribution in [1.82, 2.24) is 4.98 Å². The van der Waals surface area contributed by atoms with Gasteiger partial charge in [0.2, 0.25) is 0 Å². The van der Waals surface area contributed by atoms with E-state index in [1.807, 2.05) is 38.1 Å². The molecule has 0 saturated heterocycles. The highest BCUT2D eigenvalue weighted by molar-refractivity contribution is 5.92. The zero-order chi connectivity index (χ0) is 14.5. The number of pyridine rings is 1. The number of nitrogen functional groups attached to an aromatic ring is 1. The van der Waals surface area contributed by atoms with Crippen LogP contribution in [0.25, 0.3) is 0 Å². The van der Waals surface area contributed by atoms with Gasteiger partial charge in [-0.3, -0.25) is 4.79 Å². The van der Waals surface area contributed by atoms with Crippen LogP contribution in [0.15, 0.2) is 36.4 Å². The van der Waals surface area contributed by atoms with Crippen LogP contribution in [0.3, 0.4) is 0 Å². The van der Waals surface area contributed by atoms with E-state index in [0.29, 0.717) is 5.75 Å². The van der Waals surface area contributed by atoms with Crippen LogP contribution >= 0.6 is 0 Å². The molecule has 1 amide bonds. The minimum absolute atomic E-state index is 0.108. The van der Waals surface area contributed by atoms with Gasteiger partial charge < -0.3 is 15.8 Å². The van der Waals surface area contributed by atoms with Crippen LogP contribution in [0.5, 0.6) is 5.75 Å². The van der Waals surface area contributed by atoms with Crippen molar-refractivity contribution in [2.24, 2.45) is 0 Å². The summed E-state index contributed by atoms with van der Waals surface area (Å²) in [5.74, 6) is 0.462. The van der Waals surface area contributed by atoms with Crippen LogP contribution in [0.1, 0.15) is 11.3 Å². The first-order chi connectivity index (χ1) is 9.56. The molecule has 2 rings (SSSR count). The molecule has 0 bridgehead atoms. The summed E-state index contributed by atoms with van der Waals surface area (Å²) in [5.41, 5.74) is 8.29. The summed E-state index contributed by atoms with van der Waals surface area (Å²) in [5, 5.41) is 2.79. The third-order valence-electron chi connectivity index (χ3n) is 2.80. The van der Waals surface area contributed by atoms with Gasteiger partial charge in [-0.1, -0.05) is 18.2 Å². The SMILES string of the molecule is Cc1ccc(OCC(=O)Nc2ccccc2C)c(N)n1. The summed E-state index contributed by atoms with van der Waals surface area (Å²) in [4.78, 5) is 15.9. The quantitative estimate of drug-likeness (QED) is 0.894. The summed E-state index contributed by atoms with van der Waals surface area (Å²) < 4.78 is 5.37. The van der Waals surface area contributed by atoms with Crippen LogP contribution in [0.2, 0.25) is 0 Å². The molecule has 0 radical (unpaired) electrons. The number of benzene rings is 1. The van der Waals surface area contributed by atoms with Crippen molar-refractivity contribution in [1.29, 1.82) is 0 Å². The van der Waals surface area contributed by atoms with Crippen molar-refractivity contribution in [3.63, 3.8) is 0 Å². The van der Waals surface area contributed by atoms with Crippen molar-refractivity contribution in [2.45, 2.75) is 13.8 Å². The first-order valence-electron chi connectivity index (χ1n) is 6.27. The number of anilines is 2. The molecule has 0 aliphatic rings. The molecule has 1 aromatic heterocycles. The highest BCUT2D eigenvalue weighted by atomic mass is 16.5. The third kappa shape index (κ3) is 3.47. The van der Waals surface area contributed by atoms with Gasteiger partial charge in [-0.15, -0.1) is 0 Å². The molecule has 2 aromatic rings. The van der Waals surface area contributed by atoms with E-state index >= 15 is 0 Å². The Bertz CT molecular complexity index is 626. The van der Waals surface area contributed by atoms with Crippen molar-refractivity contribution < 1.29 is 9.53 Å². The second kappa shape index (κ2) is 6.06. The van der Waals surface area contributed by atoms with Gasteiger partial charge in [0.15, 0.2) is 18.2 Å². The fourth-order valence-corrected chi connectivity index (χ4v) is 1.73. The lowest BCUT2D eigenvalue weighted by Crippen LogP contribution is -2.21. The molecule has 1 aromatic carbocycles. The number of rotatable bonds is 4. The average Bonchev–Trinajstić information content (AvgIpc) is 2.40. The molecule has 5 nitrogen and oxygen atoms in total. The number of carbonyl (C=O) groups is 1. The fraction of sp³-hybridized carbons (Fsp3) is 0.200. The summed E-state index contributed by atoms with van der Waals surface area (Å²) in [6.45, 7) is 3.66. The topological polar surface area (TPSA) is 77.2 Å². The monoisotopic (exact) mass is 271 g/mol. The number of aromatic nitrogens is 1. The van der Waals surface area contributed by atoms with Crippen molar-refractivity contribution in [2.75, 3.05) is 17.7 Å². The molecule has 0 saturated carbocycles. The van der Waals surface area contributed by atoms with Gasteiger partial charge in [0.05, 0.1) is 0 Å². The number of nitrogens with one attached hydrogen (secondary N) is 1. The molecular weight excluding hydrogens is 254 g/mol. The lowest BCUT2D eigenvalue weighted by Gasteiger charge is -2.10. The maximum Gasteiger partial charge on any atom is 0.262 e. The normalized spacial score (nSPS) is 10.1. The van der Waals surface area contributed by atoms with Gasteiger partial charge in [-0.05, 0) is 37.6 Å². The van der Waals surface area contributed by atoms with Crippen molar-refractivity contribution >= 4 is 17.4 Å². The van der Waals surface area contributed by atoms with E-state index in [1.165, 1.54) is 0 Å². The highest BCUT2D eigenvalue weighted by Gasteiger charge is 2.07. The molecule has 0 aliphatic heterocycles. The number of hydrogen-bond donors (Lipinski definition) is 2. The van der Waals surface area contributed by atoms with Gasteiger partial charge in [-0.25, -0.2) is 4.98 Å². The van der Waals surface area contributed by atoms with Crippen molar-refractivity contribution in [3.8, 4) is 5.75 Å². The molecule has 0 fully saturated rings. The van der Waals surface area contributed by atoms with Gasteiger partial charge in [0, 0.05) is 11.4 Å². The highest BCUT2D eigenvalue weighted by Crippen LogP contribution is 2.19. The molecule has 5 heteroatoms. The molecule has 1 heterocycles. The number of nitrogens with zero attached hydrogens (tertiary/aromatic N) is 1. The zero-order valence-corrected chi connectivity index (χ0v) is 11.5. The first-order valence-corrected chi connectivity index (χ1v) is 6.27. The Labute approximate surface area is 117 Å². The fourth-order valence-electron chi connectivity index (χ4n) is 1.73. The van der Waals surface area contributed by atoms with E-state index < -0.39 is 0 Å². The Balaban J connectivity index is 1.94. The Morgan fingerprint density at radius 2 is 2.00 bits per heavy atom. The Hall–Kier alpha value is -2.56. The number of amides is 1. The minimum Gasteiger partial charge on any atom is -0.480 e. The second-order valence-electron chi connectivity index (χ2n) is 4.49. The largest absolute Gasteiger partial charge is 0.480 e. The van der Waals surface area contributed by atoms with Gasteiger partial charge in [0.1, 0.15) is 0 Å². The maximum atomic E-state index is 11.8. The Morgan fingerprint density at radius 1 is 1.25 bits per heavy atom. The van der Waals surface area contributed by atoms with Crippen LogP contribution in [0.4, 0.5) is 11.5 Å². The summed E-state index contributed by atoms with van der Waals surface area (Å²) in [7, 11) is 0. The standard InChI is InChI=1S/C15H17N3O2/c1-10-5-3-4-6-12(10)18-14(19)9-20-13-8-7-11(2)17-15(13)16/h3-8H,9H2,1-2H3,(H2,16,17)(H,18,19). The van der Waals surface area contributed by atoms with E-state index in [-0.39, 0.29) is 18.3 Å². The number of para-hydroxylation sites is 1. The van der Waals surface area contributed by atoms with E-state index in [4.69, 9.17) is 10.5 Å². The smallest absolute Gasteiger partial charge is 0.262 e. The van der Waals surface area contributed by atoms with E-state index in [2.05, 4.69) is 10.3 Å². The van der Waals surface area contributed by atoms with E-state index in [0.717, 1.165) is 16.9 Å². The predicted molar refractivity (Wildman–Crippen MR) is 78.7 cm³/mol. The van der Waals surface area contributed by atoms with Gasteiger partial charge in [0.25, 0.3) is 5.91 Å². The Kier molecular flexibility index (Phi) is 4.20. The summed E-state index contributed by atoms with van der Waals surface area (Å²) >= 11 is 0. The molecule has 0 unspecified atom stereocenters. The second-order valence-corrected chi connectivity index (χ2v) is 4.49. The minimum atomic E-state index is -0.237. The average molecular weight is 271 g/mol. The van der Waals surface area contributed by atoms with Crippen LogP contribution in [0, 0.1) is 13.8 Å². The lowest BCUT2D eigenvalue weighted by atomic mass is 10.2. The number of aryl methyl sites for hydroxylation is 2. The molecule has 104 valence electrons. The first kappa shape index (κ1) is 13.9. The molecule has 0 atom stereocenters. The summed E-state index contributed by atoms with van der Waals surface area (Å²) in [6.07, 6.45) is 0. The zero-order valence-electron chi connectivity index (χ0n) is 11.5. The van der Waals surface area contributed by atoms with E-state index in [9.17, 15) is 4.79 Å². The number of carbonyl (C=O) groups excluding carboxylic acids is 1. The number of nitrogens with two attached hydrogens (primary N) is 1. The molecule has 3 N–H and O–H groups in total. The maximum absolute atomic E-state index is 11.8. The van der Waals surface area contributed by atoms with Gasteiger partial charge in [-0.2, -0.15) is 0 Å². The number of ether oxygens (including phenoxy) is 1. The molecule has 20 heavy (non-hydrogen) atoms. The predicted octanol–water partition coefficient (Wildman–Crippen LogP) is 2.30. The molecular formula is C15H17N3O2. The van der Waals surface area contributed by atoms with Gasteiger partial charge >= 0.3 is 0 Å². The Morgan fingerprint density at radius 3 is 2.70 bits per heavy atom. The van der Waals surface area contributed by atoms with Crippen LogP contribution < -0.4 is 15.8 Å². The molecule has 0 aliphatic carbocycles. The third-order valence-corrected chi connectivity index (χ3v) is 2.80. The van der Waals surface area contributed by atoms with Crippen molar-refractivity contribution in [3.05, 3.63) is 47.7 Å².